The minimum Gasteiger partial charge on any atom is -0.436 e. The lowest BCUT2D eigenvalue weighted by Crippen LogP contribution is -1.84. The lowest BCUT2D eigenvalue weighted by Gasteiger charge is -1.98. The van der Waals surface area contributed by atoms with Crippen LogP contribution in [-0.4, -0.2) is 4.98 Å². The Kier molecular flexibility index (Phi) is 2.45. The summed E-state index contributed by atoms with van der Waals surface area (Å²) >= 11 is 5.83. The summed E-state index contributed by atoms with van der Waals surface area (Å²) < 4.78 is 19.2. The molecule has 1 heterocycles. The lowest BCUT2D eigenvalue weighted by atomic mass is 10.2. The highest BCUT2D eigenvalue weighted by Gasteiger charge is 2.13. The number of nitrogens with two attached hydrogens (primary N) is 1. The predicted octanol–water partition coefficient (Wildman–Crippen LogP) is 3.87. The van der Waals surface area contributed by atoms with Crippen molar-refractivity contribution in [1.29, 1.82) is 0 Å². The minimum absolute atomic E-state index is 0.190. The van der Waals surface area contributed by atoms with E-state index in [0.29, 0.717) is 21.8 Å². The van der Waals surface area contributed by atoms with Gasteiger partial charge in [0.15, 0.2) is 5.58 Å². The van der Waals surface area contributed by atoms with Gasteiger partial charge in [-0.1, -0.05) is 11.6 Å². The topological polar surface area (TPSA) is 52.0 Å². The molecule has 5 heteroatoms. The first-order valence-corrected chi connectivity index (χ1v) is 5.63. The van der Waals surface area contributed by atoms with Crippen molar-refractivity contribution in [1.82, 2.24) is 4.98 Å². The number of oxazole rings is 1. The highest BCUT2D eigenvalue weighted by molar-refractivity contribution is 6.30. The van der Waals surface area contributed by atoms with E-state index in [4.69, 9.17) is 21.8 Å². The Hall–Kier alpha value is -2.07. The molecule has 90 valence electrons. The highest BCUT2D eigenvalue weighted by atomic mass is 35.5. The van der Waals surface area contributed by atoms with E-state index in [1.54, 1.807) is 18.2 Å². The molecule has 2 N–H and O–H groups in total. The smallest absolute Gasteiger partial charge is 0.230 e. The fourth-order valence-electron chi connectivity index (χ4n) is 1.72. The molecule has 3 nitrogen and oxygen atoms in total. The van der Waals surface area contributed by atoms with E-state index < -0.39 is 5.82 Å². The summed E-state index contributed by atoms with van der Waals surface area (Å²) in [6, 6.07) is 9.30. The third-order valence-electron chi connectivity index (χ3n) is 2.57. The SMILES string of the molecule is Nc1ccc2oc(-c3cc(Cl)ccc3F)nc2c1. The van der Waals surface area contributed by atoms with E-state index in [1.807, 2.05) is 0 Å². The van der Waals surface area contributed by atoms with Crippen molar-refractivity contribution in [3.05, 3.63) is 47.2 Å². The van der Waals surface area contributed by atoms with Crippen LogP contribution >= 0.6 is 11.6 Å². The molecule has 0 aliphatic heterocycles. The maximum Gasteiger partial charge on any atom is 0.230 e. The summed E-state index contributed by atoms with van der Waals surface area (Å²) in [6.45, 7) is 0. The van der Waals surface area contributed by atoms with Crippen LogP contribution in [0.4, 0.5) is 10.1 Å². The zero-order chi connectivity index (χ0) is 12.7. The molecule has 18 heavy (non-hydrogen) atoms. The molecular weight excluding hydrogens is 255 g/mol. The molecular formula is C13H8ClFN2O. The first kappa shape index (κ1) is 11.0. The molecule has 0 fully saturated rings. The van der Waals surface area contributed by atoms with Crippen LogP contribution in [0.1, 0.15) is 0 Å². The van der Waals surface area contributed by atoms with Gasteiger partial charge in [0.1, 0.15) is 11.3 Å². The lowest BCUT2D eigenvalue weighted by molar-refractivity contribution is 0.593. The number of fused-ring (bicyclic) bond motifs is 1. The molecule has 1 aromatic heterocycles. The van der Waals surface area contributed by atoms with Gasteiger partial charge in [-0.25, -0.2) is 9.37 Å². The first-order valence-electron chi connectivity index (χ1n) is 5.25. The monoisotopic (exact) mass is 262 g/mol. The van der Waals surface area contributed by atoms with Crippen molar-refractivity contribution in [2.24, 2.45) is 0 Å². The van der Waals surface area contributed by atoms with E-state index in [1.165, 1.54) is 18.2 Å². The van der Waals surface area contributed by atoms with Crippen LogP contribution in [0.3, 0.4) is 0 Å². The Morgan fingerprint density at radius 1 is 1.17 bits per heavy atom. The van der Waals surface area contributed by atoms with Gasteiger partial charge in [0.2, 0.25) is 5.89 Å². The number of nitrogens with zero attached hydrogens (tertiary/aromatic N) is 1. The maximum absolute atomic E-state index is 13.7. The molecule has 0 saturated heterocycles. The van der Waals surface area contributed by atoms with Crippen molar-refractivity contribution in [2.45, 2.75) is 0 Å². The second-order valence-corrected chi connectivity index (χ2v) is 4.31. The number of hydrogen-bond donors (Lipinski definition) is 1. The largest absolute Gasteiger partial charge is 0.436 e. The summed E-state index contributed by atoms with van der Waals surface area (Å²) in [5, 5.41) is 0.424. The number of anilines is 1. The normalized spacial score (nSPS) is 11.0. The summed E-state index contributed by atoms with van der Waals surface area (Å²) in [5.41, 5.74) is 7.60. The fourth-order valence-corrected chi connectivity index (χ4v) is 1.89. The summed E-state index contributed by atoms with van der Waals surface area (Å²) in [5.74, 6) is -0.241. The van der Waals surface area contributed by atoms with Gasteiger partial charge < -0.3 is 10.2 Å². The molecule has 0 bridgehead atoms. The molecule has 0 atom stereocenters. The molecule has 0 aliphatic carbocycles. The van der Waals surface area contributed by atoms with Gasteiger partial charge in [-0.05, 0) is 36.4 Å². The number of hydrogen-bond acceptors (Lipinski definition) is 3. The summed E-state index contributed by atoms with van der Waals surface area (Å²) in [4.78, 5) is 4.20. The van der Waals surface area contributed by atoms with Crippen LogP contribution in [0.5, 0.6) is 0 Å². The van der Waals surface area contributed by atoms with Crippen molar-refractivity contribution < 1.29 is 8.81 Å². The summed E-state index contributed by atoms with van der Waals surface area (Å²) in [7, 11) is 0. The Balaban J connectivity index is 2.22. The average Bonchev–Trinajstić information content (AvgIpc) is 2.74. The molecule has 0 aliphatic rings. The highest BCUT2D eigenvalue weighted by Crippen LogP contribution is 2.29. The Labute approximate surface area is 107 Å². The zero-order valence-electron chi connectivity index (χ0n) is 9.15. The number of halogens is 2. The summed E-state index contributed by atoms with van der Waals surface area (Å²) in [6.07, 6.45) is 0. The molecule has 0 unspecified atom stereocenters. The van der Waals surface area contributed by atoms with Crippen LogP contribution < -0.4 is 5.73 Å². The van der Waals surface area contributed by atoms with Gasteiger partial charge in [0.05, 0.1) is 5.56 Å². The van der Waals surface area contributed by atoms with Crippen LogP contribution in [0.15, 0.2) is 40.8 Å². The number of aromatic nitrogens is 1. The van der Waals surface area contributed by atoms with Crippen LogP contribution in [0.25, 0.3) is 22.6 Å². The second kappa shape index (κ2) is 3.99. The third kappa shape index (κ3) is 1.80. The number of benzene rings is 2. The molecule has 3 rings (SSSR count). The fraction of sp³-hybridized carbons (Fsp3) is 0. The molecule has 0 amide bonds. The standard InChI is InChI=1S/C13H8ClFN2O/c14-7-1-3-10(15)9(5-7)13-17-11-6-8(16)2-4-12(11)18-13/h1-6H,16H2. The predicted molar refractivity (Wildman–Crippen MR) is 68.8 cm³/mol. The molecule has 0 spiro atoms. The molecule has 0 radical (unpaired) electrons. The Morgan fingerprint density at radius 2 is 2.00 bits per heavy atom. The number of nitrogen functional groups attached to an aromatic ring is 1. The molecule has 3 aromatic rings. The van der Waals surface area contributed by atoms with Crippen LogP contribution in [0, 0.1) is 5.82 Å². The van der Waals surface area contributed by atoms with Crippen molar-refractivity contribution in [3.63, 3.8) is 0 Å². The Morgan fingerprint density at radius 3 is 2.83 bits per heavy atom. The Bertz CT molecular complexity index is 739. The van der Waals surface area contributed by atoms with Gasteiger partial charge in [-0.2, -0.15) is 0 Å². The second-order valence-electron chi connectivity index (χ2n) is 3.87. The van der Waals surface area contributed by atoms with Crippen LogP contribution in [-0.2, 0) is 0 Å². The molecule has 2 aromatic carbocycles. The van der Waals surface area contributed by atoms with Gasteiger partial charge in [-0.15, -0.1) is 0 Å². The van der Waals surface area contributed by atoms with E-state index >= 15 is 0 Å². The zero-order valence-corrected chi connectivity index (χ0v) is 9.91. The van der Waals surface area contributed by atoms with Gasteiger partial charge in [-0.3, -0.25) is 0 Å². The number of rotatable bonds is 1. The van der Waals surface area contributed by atoms with Crippen LogP contribution in [0.2, 0.25) is 5.02 Å². The van der Waals surface area contributed by atoms with Crippen molar-refractivity contribution >= 4 is 28.4 Å². The van der Waals surface area contributed by atoms with E-state index in [-0.39, 0.29) is 11.5 Å². The van der Waals surface area contributed by atoms with Crippen molar-refractivity contribution in [3.8, 4) is 11.5 Å². The third-order valence-corrected chi connectivity index (χ3v) is 2.81. The minimum atomic E-state index is -0.432. The molecule has 0 saturated carbocycles. The van der Waals surface area contributed by atoms with Gasteiger partial charge in [0.25, 0.3) is 0 Å². The van der Waals surface area contributed by atoms with Gasteiger partial charge >= 0.3 is 0 Å². The maximum atomic E-state index is 13.7. The average molecular weight is 263 g/mol. The first-order chi connectivity index (χ1) is 8.63. The van der Waals surface area contributed by atoms with Crippen molar-refractivity contribution in [2.75, 3.05) is 5.73 Å². The van der Waals surface area contributed by atoms with E-state index in [2.05, 4.69) is 4.98 Å². The quantitative estimate of drug-likeness (QED) is 0.677. The van der Waals surface area contributed by atoms with Gasteiger partial charge in [0, 0.05) is 10.7 Å². The van der Waals surface area contributed by atoms with E-state index in [0.717, 1.165) is 0 Å². The van der Waals surface area contributed by atoms with E-state index in [9.17, 15) is 4.39 Å².